The molecule has 6 nitrogen and oxygen atoms in total. The molecule has 0 aliphatic carbocycles. The Kier molecular flexibility index (Phi) is 7.58. The van der Waals surface area contributed by atoms with Gasteiger partial charge in [0.2, 0.25) is 5.91 Å². The van der Waals surface area contributed by atoms with Crippen molar-refractivity contribution in [3.05, 3.63) is 53.1 Å². The molecule has 2 aromatic rings. The second-order valence-electron chi connectivity index (χ2n) is 7.47. The lowest BCUT2D eigenvalue weighted by atomic mass is 9.90. The van der Waals surface area contributed by atoms with Gasteiger partial charge in [-0.3, -0.25) is 4.79 Å². The van der Waals surface area contributed by atoms with Crippen LogP contribution in [0.1, 0.15) is 54.7 Å². The van der Waals surface area contributed by atoms with Crippen LogP contribution in [0.25, 0.3) is 0 Å². The van der Waals surface area contributed by atoms with Crippen LogP contribution in [0.4, 0.5) is 0 Å². The summed E-state index contributed by atoms with van der Waals surface area (Å²) in [7, 11) is 1.66. The molecule has 0 atom stereocenters. The van der Waals surface area contributed by atoms with Crippen molar-refractivity contribution in [1.29, 1.82) is 0 Å². The van der Waals surface area contributed by atoms with Crippen LogP contribution < -0.4 is 4.74 Å². The van der Waals surface area contributed by atoms with E-state index in [0.29, 0.717) is 25.6 Å². The molecule has 2 heterocycles. The number of amides is 1. The van der Waals surface area contributed by atoms with Crippen LogP contribution >= 0.6 is 0 Å². The Morgan fingerprint density at radius 2 is 1.93 bits per heavy atom. The first kappa shape index (κ1) is 21.2. The average molecular weight is 398 g/mol. The van der Waals surface area contributed by atoms with Gasteiger partial charge in [-0.05, 0) is 50.8 Å². The van der Waals surface area contributed by atoms with Crippen molar-refractivity contribution < 1.29 is 14.3 Å². The summed E-state index contributed by atoms with van der Waals surface area (Å²) in [6.45, 7) is 6.70. The van der Waals surface area contributed by atoms with Crippen LogP contribution in [-0.4, -0.2) is 47.6 Å². The van der Waals surface area contributed by atoms with Crippen molar-refractivity contribution in [2.45, 2.75) is 52.1 Å². The number of benzene rings is 1. The van der Waals surface area contributed by atoms with E-state index in [9.17, 15) is 4.79 Å². The molecule has 29 heavy (non-hydrogen) atoms. The highest BCUT2D eigenvalue weighted by Crippen LogP contribution is 2.29. The molecule has 1 fully saturated rings. The predicted octanol–water partition coefficient (Wildman–Crippen LogP) is 3.67. The molecule has 0 radical (unpaired) electrons. The molecule has 1 saturated heterocycles. The van der Waals surface area contributed by atoms with Crippen molar-refractivity contribution in [2.75, 3.05) is 26.8 Å². The summed E-state index contributed by atoms with van der Waals surface area (Å²) < 4.78 is 10.8. The zero-order valence-corrected chi connectivity index (χ0v) is 17.7. The monoisotopic (exact) mass is 397 g/mol. The molecule has 0 saturated carbocycles. The van der Waals surface area contributed by atoms with Gasteiger partial charge in [0.15, 0.2) is 0 Å². The number of carbonyl (C=O) groups is 1. The summed E-state index contributed by atoms with van der Waals surface area (Å²) in [6, 6.07) is 7.93. The number of carbonyl (C=O) groups excluding carboxylic acids is 1. The number of hydrogen-bond donors (Lipinski definition) is 0. The molecule has 1 aliphatic heterocycles. The first-order chi connectivity index (χ1) is 14.1. The number of methoxy groups -OCH3 is 1. The summed E-state index contributed by atoms with van der Waals surface area (Å²) in [5, 5.41) is 0. The van der Waals surface area contributed by atoms with Gasteiger partial charge < -0.3 is 14.4 Å². The van der Waals surface area contributed by atoms with E-state index in [4.69, 9.17) is 14.5 Å². The van der Waals surface area contributed by atoms with Gasteiger partial charge >= 0.3 is 0 Å². The maximum absolute atomic E-state index is 12.7. The number of piperidine rings is 1. The van der Waals surface area contributed by atoms with Gasteiger partial charge in [0.05, 0.1) is 19.4 Å². The molecule has 1 amide bonds. The van der Waals surface area contributed by atoms with Gasteiger partial charge in [0, 0.05) is 43.8 Å². The first-order valence-corrected chi connectivity index (χ1v) is 10.4. The Balaban J connectivity index is 1.53. The Bertz CT molecular complexity index is 800. The lowest BCUT2D eigenvalue weighted by Gasteiger charge is -2.32. The van der Waals surface area contributed by atoms with E-state index >= 15 is 0 Å². The minimum atomic E-state index is 0.229. The number of aromatic nitrogens is 2. The van der Waals surface area contributed by atoms with Crippen LogP contribution in [0.2, 0.25) is 0 Å². The van der Waals surface area contributed by atoms with Gasteiger partial charge in [-0.25, -0.2) is 9.97 Å². The predicted molar refractivity (Wildman–Crippen MR) is 112 cm³/mol. The third-order valence-electron chi connectivity index (χ3n) is 5.50. The van der Waals surface area contributed by atoms with E-state index in [-0.39, 0.29) is 5.91 Å². The fourth-order valence-electron chi connectivity index (χ4n) is 3.79. The maximum atomic E-state index is 12.7. The van der Waals surface area contributed by atoms with Crippen LogP contribution in [0.5, 0.6) is 5.75 Å². The SMILES string of the molecule is CCOCc1cnc(C)nc1C1CCN(C(=O)CCc2ccc(OC)cc2)CC1. The molecule has 1 aliphatic rings. The standard InChI is InChI=1S/C23H31N3O3/c1-4-29-16-20-15-24-17(2)25-23(20)19-11-13-26(14-12-19)22(27)10-7-18-5-8-21(28-3)9-6-18/h5-6,8-9,15,19H,4,7,10-14,16H2,1-3H3. The molecule has 0 unspecified atom stereocenters. The maximum Gasteiger partial charge on any atom is 0.222 e. The van der Waals surface area contributed by atoms with E-state index in [1.165, 1.54) is 0 Å². The Hall–Kier alpha value is -2.47. The Morgan fingerprint density at radius 3 is 2.59 bits per heavy atom. The first-order valence-electron chi connectivity index (χ1n) is 10.4. The van der Waals surface area contributed by atoms with Crippen LogP contribution in [0.15, 0.2) is 30.5 Å². The zero-order chi connectivity index (χ0) is 20.6. The van der Waals surface area contributed by atoms with Gasteiger partial charge in [-0.1, -0.05) is 12.1 Å². The van der Waals surface area contributed by atoms with Gasteiger partial charge in [0.25, 0.3) is 0 Å². The number of aryl methyl sites for hydroxylation is 2. The van der Waals surface area contributed by atoms with Crippen molar-refractivity contribution >= 4 is 5.91 Å². The average Bonchev–Trinajstić information content (AvgIpc) is 2.77. The van der Waals surface area contributed by atoms with E-state index in [2.05, 4.69) is 4.98 Å². The largest absolute Gasteiger partial charge is 0.497 e. The minimum absolute atomic E-state index is 0.229. The molecular weight excluding hydrogens is 366 g/mol. The molecule has 6 heteroatoms. The van der Waals surface area contributed by atoms with Crippen molar-refractivity contribution in [3.8, 4) is 5.75 Å². The van der Waals surface area contributed by atoms with E-state index < -0.39 is 0 Å². The molecule has 1 aromatic carbocycles. The summed E-state index contributed by atoms with van der Waals surface area (Å²) in [4.78, 5) is 23.7. The molecular formula is C23H31N3O3. The summed E-state index contributed by atoms with van der Waals surface area (Å²) in [5.74, 6) is 2.22. The third-order valence-corrected chi connectivity index (χ3v) is 5.50. The smallest absolute Gasteiger partial charge is 0.222 e. The highest BCUT2D eigenvalue weighted by molar-refractivity contribution is 5.76. The number of ether oxygens (including phenoxy) is 2. The van der Waals surface area contributed by atoms with Crippen molar-refractivity contribution in [1.82, 2.24) is 14.9 Å². The molecule has 156 valence electrons. The van der Waals surface area contributed by atoms with Crippen LogP contribution in [0, 0.1) is 6.92 Å². The van der Waals surface area contributed by atoms with Crippen LogP contribution in [0.3, 0.4) is 0 Å². The molecule has 1 aromatic heterocycles. The second kappa shape index (κ2) is 10.3. The quantitative estimate of drug-likeness (QED) is 0.680. The molecule has 3 rings (SSSR count). The number of nitrogens with zero attached hydrogens (tertiary/aromatic N) is 3. The van der Waals surface area contributed by atoms with Crippen molar-refractivity contribution in [3.63, 3.8) is 0 Å². The lowest BCUT2D eigenvalue weighted by Crippen LogP contribution is -2.38. The van der Waals surface area contributed by atoms with E-state index in [1.807, 2.05) is 49.2 Å². The lowest BCUT2D eigenvalue weighted by molar-refractivity contribution is -0.132. The zero-order valence-electron chi connectivity index (χ0n) is 17.7. The molecule has 0 N–H and O–H groups in total. The number of likely N-dealkylation sites (tertiary alicyclic amines) is 1. The second-order valence-corrected chi connectivity index (χ2v) is 7.47. The summed E-state index contributed by atoms with van der Waals surface area (Å²) >= 11 is 0. The van der Waals surface area contributed by atoms with Gasteiger partial charge in [-0.15, -0.1) is 0 Å². The van der Waals surface area contributed by atoms with Crippen LogP contribution in [-0.2, 0) is 22.6 Å². The Morgan fingerprint density at radius 1 is 1.21 bits per heavy atom. The van der Waals surface area contributed by atoms with Crippen molar-refractivity contribution in [2.24, 2.45) is 0 Å². The van der Waals surface area contributed by atoms with E-state index in [1.54, 1.807) is 7.11 Å². The molecule has 0 spiro atoms. The van der Waals surface area contributed by atoms with E-state index in [0.717, 1.165) is 60.7 Å². The minimum Gasteiger partial charge on any atom is -0.497 e. The summed E-state index contributed by atoms with van der Waals surface area (Å²) in [5.41, 5.74) is 3.32. The summed E-state index contributed by atoms with van der Waals surface area (Å²) in [6.07, 6.45) is 5.05. The molecule has 0 bridgehead atoms. The fourth-order valence-corrected chi connectivity index (χ4v) is 3.79. The number of hydrogen-bond acceptors (Lipinski definition) is 5. The fraction of sp³-hybridized carbons (Fsp3) is 0.522. The highest BCUT2D eigenvalue weighted by Gasteiger charge is 2.26. The highest BCUT2D eigenvalue weighted by atomic mass is 16.5. The van der Waals surface area contributed by atoms with Gasteiger partial charge in [0.1, 0.15) is 11.6 Å². The topological polar surface area (TPSA) is 64.6 Å². The number of rotatable bonds is 8. The van der Waals surface area contributed by atoms with Gasteiger partial charge in [-0.2, -0.15) is 0 Å². The third kappa shape index (κ3) is 5.76. The normalized spacial score (nSPS) is 14.8. The Labute approximate surface area is 173 Å².